The van der Waals surface area contributed by atoms with Crippen LogP contribution in [-0.2, 0) is 107 Å². The number of Topliss-reactive ketones (excluding diaryl/α,β-unsaturated/α-hetero) is 1. The highest BCUT2D eigenvalue weighted by atomic mass is 33.1. The standard InChI is InChI=1S/C91H133N19O19S2/c1-14-58-26-23-27-63-61(49-98-74(58)63)47-70-82(122)100-64(28-17-21-39-96-53(6)113)79(119)109-76(90(11,12)131-130-89(9,10)75(99-55(8)115)86(126)106-71(48-72(94)116)83(123)108-73(52(5)112)85(125)104-70)87(127)105-68(45-56-31-34-62(35-32-56)129-41-38-93)81(121)103-69(46-57-30-33-59-24-15-16-25-60(59)44-57)84(124)110-91(13,36-19-20-37-92)88(128)107-65(29-18-22-40-97-54(7)114)78(118)102-67(43-51(4)111)80(120)101-66(77(95)117)42-50(2)3/h15-16,23-27,30-35,44,49-50,52,64-71,73,75-76,98,112H,14,17-22,28-29,36-43,45-48,92-93H2,1-13H3,(H2,94,116)(H2,95,117)(H,96,113)(H,97,114)(H,99,115)(H,100,122)(H,101,120)(H,102,118)(H,103,121)(H,104,125)(H,105,127)(H,106,126)(H,107,128)(H,108,123)(H,109,119)(H,110,124)/t52-,64+,65+,66-,67+,68+,69+,70+,71+,73+,75-,76-,91+/m1/s1. The zero-order valence-electron chi connectivity index (χ0n) is 76.9. The second-order valence-electron chi connectivity index (χ2n) is 34.8. The number of ether oxygens (including phenoxy) is 1. The van der Waals surface area contributed by atoms with Crippen LogP contribution in [0.4, 0.5) is 0 Å². The van der Waals surface area contributed by atoms with Gasteiger partial charge in [0.2, 0.25) is 94.5 Å². The molecule has 0 unspecified atom stereocenters. The van der Waals surface area contributed by atoms with Gasteiger partial charge in [-0.25, -0.2) is 0 Å². The summed E-state index contributed by atoms with van der Waals surface area (Å²) in [7, 11) is 1.83. The number of aryl methyl sites for hydroxylation is 1. The first-order valence-corrected chi connectivity index (χ1v) is 46.4. The zero-order chi connectivity index (χ0) is 97.2. The fourth-order valence-electron chi connectivity index (χ4n) is 14.9. The van der Waals surface area contributed by atoms with Gasteiger partial charge in [0.05, 0.1) is 12.5 Å². The van der Waals surface area contributed by atoms with E-state index in [1.165, 1.54) is 41.5 Å². The Bertz CT molecular complexity index is 4850. The van der Waals surface area contributed by atoms with Crippen molar-refractivity contribution in [1.82, 2.24) is 79.4 Å². The van der Waals surface area contributed by atoms with Gasteiger partial charge in [-0.3, -0.25) is 81.5 Å². The number of ketones is 1. The van der Waals surface area contributed by atoms with Crippen LogP contribution in [0.3, 0.4) is 0 Å². The topological polar surface area (TPSA) is 608 Å². The number of para-hydroxylation sites is 1. The molecule has 0 spiro atoms. The van der Waals surface area contributed by atoms with Gasteiger partial charge in [0.25, 0.3) is 0 Å². The Kier molecular flexibility index (Phi) is 42.7. The van der Waals surface area contributed by atoms with Crippen LogP contribution in [0.1, 0.15) is 189 Å². The van der Waals surface area contributed by atoms with E-state index in [0.717, 1.165) is 51.8 Å². The van der Waals surface area contributed by atoms with Crippen LogP contribution >= 0.6 is 21.6 Å². The molecule has 0 bridgehead atoms. The molecule has 40 heteroatoms. The van der Waals surface area contributed by atoms with Crippen LogP contribution in [0.25, 0.3) is 21.7 Å². The maximum atomic E-state index is 16.4. The number of primary amides is 2. The zero-order valence-corrected chi connectivity index (χ0v) is 78.6. The molecule has 38 nitrogen and oxygen atoms in total. The number of benzene rings is 4. The maximum Gasteiger partial charge on any atom is 0.246 e. The van der Waals surface area contributed by atoms with E-state index in [1.807, 2.05) is 31.2 Å². The second-order valence-corrected chi connectivity index (χ2v) is 38.3. The van der Waals surface area contributed by atoms with E-state index >= 15 is 28.8 Å². The molecular weight excluding hydrogens is 1730 g/mol. The largest absolute Gasteiger partial charge is 0.492 e. The number of unbranched alkanes of at least 4 members (excludes halogenated alkanes) is 3. The highest BCUT2D eigenvalue weighted by Gasteiger charge is 2.47. The molecule has 13 atom stereocenters. The Morgan fingerprint density at radius 1 is 0.565 bits per heavy atom. The van der Waals surface area contributed by atoms with Crippen molar-refractivity contribution in [3.05, 3.63) is 113 Å². The minimum Gasteiger partial charge on any atom is -0.492 e. The SMILES string of the molecule is CCc1cccc2c(C[C@@H]3NC(=O)[C@H]([C@@H](C)O)NC(=O)[C@H](CC(N)=O)NC(=O)[C@@H](NC(C)=O)C(C)(C)SSC(C)(C)[C@@H](C(=O)N[C@@H](Cc4ccc(OCCN)cc4)C(=O)N[C@@H](Cc4ccc5ccccc5c4)C(=O)N[C@@](C)(CCCCN)C(=O)N[C@@H](CCCCNC(C)=O)C(=O)N[C@@H](CC(C)=O)C(=O)N[C@H](CC(C)C)C(N)=O)NC(=O)[C@H](CCCCNC(C)=O)NC3=O)c[nH]c12. The predicted octanol–water partition coefficient (Wildman–Crippen LogP) is 0.937. The number of aliphatic hydroxyl groups excluding tert-OH is 1. The average Bonchev–Trinajstić information content (AvgIpc) is 1.76. The molecule has 0 aliphatic carbocycles. The van der Waals surface area contributed by atoms with Gasteiger partial charge in [-0.1, -0.05) is 115 Å². The fraction of sp³-hybridized carbons (Fsp3) is 0.549. The van der Waals surface area contributed by atoms with Gasteiger partial charge in [0, 0.05) is 92.7 Å². The Balaban J connectivity index is 1.55. The van der Waals surface area contributed by atoms with Crippen LogP contribution in [0.5, 0.6) is 5.75 Å². The third-order valence-corrected chi connectivity index (χ3v) is 26.3. The number of hydrogen-bond donors (Lipinski definition) is 20. The summed E-state index contributed by atoms with van der Waals surface area (Å²) in [6.45, 7) is 19.8. The monoisotopic (exact) mass is 1860 g/mol. The normalized spacial score (nSPS) is 19.2. The van der Waals surface area contributed by atoms with E-state index in [4.69, 9.17) is 27.7 Å². The molecule has 1 saturated heterocycles. The highest BCUT2D eigenvalue weighted by Crippen LogP contribution is 2.47. The van der Waals surface area contributed by atoms with Crippen molar-refractivity contribution in [1.29, 1.82) is 0 Å². The molecule has 0 saturated carbocycles. The third-order valence-electron chi connectivity index (χ3n) is 22.1. The number of amides is 16. The van der Waals surface area contributed by atoms with E-state index in [1.54, 1.807) is 94.6 Å². The number of nitrogens with two attached hydrogens (primary N) is 4. The van der Waals surface area contributed by atoms with Crippen molar-refractivity contribution in [2.75, 3.05) is 32.8 Å². The number of aromatic nitrogens is 1. The second kappa shape index (κ2) is 51.7. The lowest BCUT2D eigenvalue weighted by Crippen LogP contribution is -2.65. The van der Waals surface area contributed by atoms with Crippen LogP contribution in [0, 0.1) is 5.92 Å². The highest BCUT2D eigenvalue weighted by molar-refractivity contribution is 8.77. The van der Waals surface area contributed by atoms with Crippen molar-refractivity contribution in [2.24, 2.45) is 28.9 Å². The van der Waals surface area contributed by atoms with E-state index in [2.05, 4.69) is 79.4 Å². The van der Waals surface area contributed by atoms with E-state index in [-0.39, 0.29) is 128 Å². The van der Waals surface area contributed by atoms with Crippen molar-refractivity contribution < 1.29 is 91.4 Å². The molecule has 16 amide bonds. The van der Waals surface area contributed by atoms with E-state index < -0.39 is 189 Å². The molecule has 1 fully saturated rings. The molecule has 2 heterocycles. The maximum absolute atomic E-state index is 16.4. The third kappa shape index (κ3) is 34.5. The Labute approximate surface area is 771 Å². The lowest BCUT2D eigenvalue weighted by molar-refractivity contribution is -0.138. The quantitative estimate of drug-likeness (QED) is 0.0190. The molecule has 6 rings (SSSR count). The molecular formula is C91H133N19O19S2. The summed E-state index contributed by atoms with van der Waals surface area (Å²) in [4.78, 5) is 248. The number of rotatable bonds is 45. The van der Waals surface area contributed by atoms with Gasteiger partial charge in [-0.05, 0) is 177 Å². The molecule has 718 valence electrons. The molecule has 1 aromatic heterocycles. The first kappa shape index (κ1) is 108. The summed E-state index contributed by atoms with van der Waals surface area (Å²) >= 11 is 0. The smallest absolute Gasteiger partial charge is 0.246 e. The molecule has 24 N–H and O–H groups in total. The summed E-state index contributed by atoms with van der Waals surface area (Å²) in [5.41, 5.74) is 24.2. The number of aliphatic hydroxyl groups is 1. The number of carbonyl (C=O) groups is 17. The van der Waals surface area contributed by atoms with Gasteiger partial charge >= 0.3 is 0 Å². The summed E-state index contributed by atoms with van der Waals surface area (Å²) in [6.07, 6.45) is -1.02. The number of carbonyl (C=O) groups excluding carboxylic acids is 17. The summed E-state index contributed by atoms with van der Waals surface area (Å²) in [6, 6.07) is 6.23. The van der Waals surface area contributed by atoms with Crippen LogP contribution in [0.15, 0.2) is 91.1 Å². The number of nitrogens with one attached hydrogen (secondary N) is 15. The minimum absolute atomic E-state index is 0.113. The number of H-pyrrole nitrogens is 1. The molecule has 131 heavy (non-hydrogen) atoms. The summed E-state index contributed by atoms with van der Waals surface area (Å²) < 4.78 is 2.60. The van der Waals surface area contributed by atoms with Crippen LogP contribution < -0.4 is 102 Å². The summed E-state index contributed by atoms with van der Waals surface area (Å²) in [5.74, 6) is -15.0. The molecule has 4 aromatic carbocycles. The first-order chi connectivity index (χ1) is 61.8. The molecule has 1 aliphatic heterocycles. The van der Waals surface area contributed by atoms with Crippen LogP contribution in [0.2, 0.25) is 0 Å². The fourth-order valence-corrected chi connectivity index (χ4v) is 17.7. The lowest BCUT2D eigenvalue weighted by atomic mass is 9.91. The van der Waals surface area contributed by atoms with Gasteiger partial charge in [-0.15, -0.1) is 0 Å². The van der Waals surface area contributed by atoms with E-state index in [0.29, 0.717) is 46.2 Å². The van der Waals surface area contributed by atoms with Gasteiger partial charge in [0.1, 0.15) is 90.1 Å². The number of hydrogen-bond acceptors (Lipinski definition) is 23. The Morgan fingerprint density at radius 3 is 1.76 bits per heavy atom. The first-order valence-electron chi connectivity index (χ1n) is 44.2. The van der Waals surface area contributed by atoms with Crippen molar-refractivity contribution in [2.45, 2.75) is 280 Å². The van der Waals surface area contributed by atoms with Crippen molar-refractivity contribution in [3.63, 3.8) is 0 Å². The number of aromatic amines is 1. The van der Waals surface area contributed by atoms with Gasteiger partial charge in [0.15, 0.2) is 0 Å². The number of fused-ring (bicyclic) bond motifs is 2. The van der Waals surface area contributed by atoms with Gasteiger partial charge < -0.3 is 112 Å². The molecule has 0 radical (unpaired) electrons. The lowest BCUT2D eigenvalue weighted by Gasteiger charge is -2.39. The van der Waals surface area contributed by atoms with E-state index in [9.17, 15) is 57.8 Å². The Hall–Kier alpha value is -11.7. The van der Waals surface area contributed by atoms with Crippen molar-refractivity contribution in [3.8, 4) is 5.75 Å². The Morgan fingerprint density at radius 2 is 1.15 bits per heavy atom. The van der Waals surface area contributed by atoms with Gasteiger partial charge in [-0.2, -0.15) is 0 Å². The van der Waals surface area contributed by atoms with Crippen LogP contribution in [-0.4, -0.2) is 231 Å². The minimum atomic E-state index is -2.00. The summed E-state index contributed by atoms with van der Waals surface area (Å²) in [5, 5.41) is 51.3. The molecule has 5 aromatic rings. The van der Waals surface area contributed by atoms with Crippen molar-refractivity contribution >= 4 is 144 Å². The predicted molar refractivity (Wildman–Crippen MR) is 498 cm³/mol. The average molecular weight is 1860 g/mol. The molecule has 1 aliphatic rings.